The molecular formula is C9H12N2O2. The SMILES string of the molecule is CCOC(=O)c1cnn(C2CC2)c1. The van der Waals surface area contributed by atoms with Gasteiger partial charge < -0.3 is 4.74 Å². The average Bonchev–Trinajstić information content (AvgIpc) is 2.84. The molecule has 70 valence electrons. The van der Waals surface area contributed by atoms with Crippen molar-refractivity contribution in [3.8, 4) is 0 Å². The maximum Gasteiger partial charge on any atom is 0.341 e. The van der Waals surface area contributed by atoms with Crippen LogP contribution in [0.2, 0.25) is 0 Å². The van der Waals surface area contributed by atoms with Crippen LogP contribution >= 0.6 is 0 Å². The minimum Gasteiger partial charge on any atom is -0.462 e. The van der Waals surface area contributed by atoms with Crippen molar-refractivity contribution in [1.29, 1.82) is 0 Å². The maximum absolute atomic E-state index is 11.2. The van der Waals surface area contributed by atoms with E-state index in [0.29, 0.717) is 18.2 Å². The van der Waals surface area contributed by atoms with E-state index < -0.39 is 0 Å². The van der Waals surface area contributed by atoms with Crippen molar-refractivity contribution in [2.24, 2.45) is 0 Å². The van der Waals surface area contributed by atoms with E-state index in [4.69, 9.17) is 4.74 Å². The molecular weight excluding hydrogens is 168 g/mol. The summed E-state index contributed by atoms with van der Waals surface area (Å²) in [5, 5.41) is 4.10. The van der Waals surface area contributed by atoms with Gasteiger partial charge in [-0.2, -0.15) is 5.10 Å². The lowest BCUT2D eigenvalue weighted by Gasteiger charge is -1.96. The maximum atomic E-state index is 11.2. The first-order valence-corrected chi connectivity index (χ1v) is 4.52. The Balaban J connectivity index is 2.07. The van der Waals surface area contributed by atoms with Crippen LogP contribution in [-0.4, -0.2) is 22.4 Å². The summed E-state index contributed by atoms with van der Waals surface area (Å²) in [7, 11) is 0. The first kappa shape index (κ1) is 8.29. The predicted molar refractivity (Wildman–Crippen MR) is 46.5 cm³/mol. The Kier molecular flexibility index (Phi) is 2.04. The quantitative estimate of drug-likeness (QED) is 0.660. The van der Waals surface area contributed by atoms with Crippen LogP contribution < -0.4 is 0 Å². The van der Waals surface area contributed by atoms with Gasteiger partial charge in [0.25, 0.3) is 0 Å². The lowest BCUT2D eigenvalue weighted by atomic mass is 10.4. The lowest BCUT2D eigenvalue weighted by molar-refractivity contribution is 0.0526. The van der Waals surface area contributed by atoms with Crippen LogP contribution in [0.3, 0.4) is 0 Å². The van der Waals surface area contributed by atoms with Crippen molar-refractivity contribution in [2.75, 3.05) is 6.61 Å². The van der Waals surface area contributed by atoms with Gasteiger partial charge in [0.05, 0.1) is 24.4 Å². The largest absolute Gasteiger partial charge is 0.462 e. The summed E-state index contributed by atoms with van der Waals surface area (Å²) < 4.78 is 6.69. The second-order valence-corrected chi connectivity index (χ2v) is 3.16. The van der Waals surface area contributed by atoms with Crippen molar-refractivity contribution >= 4 is 5.97 Å². The summed E-state index contributed by atoms with van der Waals surface area (Å²) >= 11 is 0. The number of ether oxygens (including phenoxy) is 1. The zero-order valence-electron chi connectivity index (χ0n) is 7.56. The van der Waals surface area contributed by atoms with Gasteiger partial charge in [0.2, 0.25) is 0 Å². The topological polar surface area (TPSA) is 44.1 Å². The number of hydrogen-bond acceptors (Lipinski definition) is 3. The third kappa shape index (κ3) is 1.71. The Bertz CT molecular complexity index is 315. The highest BCUT2D eigenvalue weighted by Gasteiger charge is 2.25. The zero-order chi connectivity index (χ0) is 9.26. The molecule has 0 radical (unpaired) electrons. The van der Waals surface area contributed by atoms with Crippen LogP contribution in [0.25, 0.3) is 0 Å². The molecule has 0 atom stereocenters. The molecule has 1 aromatic rings. The van der Waals surface area contributed by atoms with E-state index in [1.165, 1.54) is 12.8 Å². The fourth-order valence-electron chi connectivity index (χ4n) is 1.20. The van der Waals surface area contributed by atoms with E-state index >= 15 is 0 Å². The summed E-state index contributed by atoms with van der Waals surface area (Å²) in [5.41, 5.74) is 0.550. The van der Waals surface area contributed by atoms with Gasteiger partial charge in [-0.05, 0) is 19.8 Å². The third-order valence-electron chi connectivity index (χ3n) is 2.03. The van der Waals surface area contributed by atoms with Crippen molar-refractivity contribution in [3.05, 3.63) is 18.0 Å². The molecule has 0 amide bonds. The summed E-state index contributed by atoms with van der Waals surface area (Å²) in [6.45, 7) is 2.21. The molecule has 0 unspecified atom stereocenters. The van der Waals surface area contributed by atoms with Gasteiger partial charge in [-0.25, -0.2) is 4.79 Å². The highest BCUT2D eigenvalue weighted by atomic mass is 16.5. The van der Waals surface area contributed by atoms with Gasteiger partial charge in [-0.15, -0.1) is 0 Å². The second kappa shape index (κ2) is 3.20. The Hall–Kier alpha value is -1.32. The van der Waals surface area contributed by atoms with Crippen molar-refractivity contribution in [3.63, 3.8) is 0 Å². The van der Waals surface area contributed by atoms with Gasteiger partial charge in [0.15, 0.2) is 0 Å². The molecule has 0 aliphatic heterocycles. The first-order valence-electron chi connectivity index (χ1n) is 4.52. The summed E-state index contributed by atoms with van der Waals surface area (Å²) in [5.74, 6) is -0.283. The third-order valence-corrected chi connectivity index (χ3v) is 2.03. The molecule has 1 aliphatic carbocycles. The molecule has 0 saturated heterocycles. The number of rotatable bonds is 3. The Morgan fingerprint density at radius 3 is 3.15 bits per heavy atom. The Morgan fingerprint density at radius 2 is 2.54 bits per heavy atom. The van der Waals surface area contributed by atoms with Gasteiger partial charge in [-0.1, -0.05) is 0 Å². The highest BCUT2D eigenvalue weighted by Crippen LogP contribution is 2.33. The van der Waals surface area contributed by atoms with Gasteiger partial charge in [0, 0.05) is 6.20 Å². The van der Waals surface area contributed by atoms with Crippen molar-refractivity contribution in [1.82, 2.24) is 9.78 Å². The molecule has 2 rings (SSSR count). The van der Waals surface area contributed by atoms with Crippen LogP contribution in [0, 0.1) is 0 Å². The molecule has 13 heavy (non-hydrogen) atoms. The minimum absolute atomic E-state index is 0.283. The molecule has 1 aliphatic rings. The van der Waals surface area contributed by atoms with Crippen molar-refractivity contribution in [2.45, 2.75) is 25.8 Å². The van der Waals surface area contributed by atoms with Crippen LogP contribution in [0.4, 0.5) is 0 Å². The molecule has 0 aromatic carbocycles. The van der Waals surface area contributed by atoms with Crippen LogP contribution in [0.5, 0.6) is 0 Å². The van der Waals surface area contributed by atoms with Crippen LogP contribution in [0.1, 0.15) is 36.2 Å². The second-order valence-electron chi connectivity index (χ2n) is 3.16. The first-order chi connectivity index (χ1) is 6.31. The van der Waals surface area contributed by atoms with Gasteiger partial charge in [-0.3, -0.25) is 4.68 Å². The minimum atomic E-state index is -0.283. The Labute approximate surface area is 76.5 Å². The highest BCUT2D eigenvalue weighted by molar-refractivity contribution is 5.88. The fourth-order valence-corrected chi connectivity index (χ4v) is 1.20. The number of nitrogens with zero attached hydrogens (tertiary/aromatic N) is 2. The monoisotopic (exact) mass is 180 g/mol. The molecule has 1 saturated carbocycles. The predicted octanol–water partition coefficient (Wildman–Crippen LogP) is 1.39. The number of esters is 1. The van der Waals surface area contributed by atoms with Gasteiger partial charge in [0.1, 0.15) is 0 Å². The van der Waals surface area contributed by atoms with E-state index in [9.17, 15) is 4.79 Å². The number of aromatic nitrogens is 2. The van der Waals surface area contributed by atoms with E-state index in [0.717, 1.165) is 0 Å². The normalized spacial score (nSPS) is 15.8. The summed E-state index contributed by atoms with van der Waals surface area (Å²) in [4.78, 5) is 11.2. The number of carbonyl (C=O) groups excluding carboxylic acids is 1. The molecule has 0 spiro atoms. The Morgan fingerprint density at radius 1 is 1.77 bits per heavy atom. The number of hydrogen-bond donors (Lipinski definition) is 0. The summed E-state index contributed by atoms with van der Waals surface area (Å²) in [6, 6.07) is 0.517. The van der Waals surface area contributed by atoms with Crippen LogP contribution in [0.15, 0.2) is 12.4 Å². The van der Waals surface area contributed by atoms with E-state index in [1.807, 2.05) is 4.68 Å². The molecule has 4 heteroatoms. The molecule has 1 heterocycles. The molecule has 0 bridgehead atoms. The van der Waals surface area contributed by atoms with Gasteiger partial charge >= 0.3 is 5.97 Å². The fraction of sp³-hybridized carbons (Fsp3) is 0.556. The van der Waals surface area contributed by atoms with Crippen LogP contribution in [-0.2, 0) is 4.74 Å². The smallest absolute Gasteiger partial charge is 0.341 e. The van der Waals surface area contributed by atoms with E-state index in [1.54, 1.807) is 19.3 Å². The van der Waals surface area contributed by atoms with E-state index in [2.05, 4.69) is 5.10 Å². The zero-order valence-corrected chi connectivity index (χ0v) is 7.56. The van der Waals surface area contributed by atoms with E-state index in [-0.39, 0.29) is 5.97 Å². The molecule has 1 aromatic heterocycles. The number of carbonyl (C=O) groups is 1. The molecule has 1 fully saturated rings. The summed E-state index contributed by atoms with van der Waals surface area (Å²) in [6.07, 6.45) is 5.67. The molecule has 0 N–H and O–H groups in total. The lowest BCUT2D eigenvalue weighted by Crippen LogP contribution is -2.03. The standard InChI is InChI=1S/C9H12N2O2/c1-2-13-9(12)7-5-10-11(6-7)8-3-4-8/h5-6,8H,2-4H2,1H3. The average molecular weight is 180 g/mol. The molecule has 4 nitrogen and oxygen atoms in total. The van der Waals surface area contributed by atoms with Crippen molar-refractivity contribution < 1.29 is 9.53 Å².